The zero-order chi connectivity index (χ0) is 26.5. The third kappa shape index (κ3) is 6.74. The lowest BCUT2D eigenvalue weighted by atomic mass is 10.00. The highest BCUT2D eigenvalue weighted by Crippen LogP contribution is 2.33. The van der Waals surface area contributed by atoms with Gasteiger partial charge in [0, 0.05) is 24.6 Å². The second-order valence-electron chi connectivity index (χ2n) is 8.76. The summed E-state index contributed by atoms with van der Waals surface area (Å²) in [5.74, 6) is -0.444. The Kier molecular flexibility index (Phi) is 8.55. The van der Waals surface area contributed by atoms with Gasteiger partial charge < -0.3 is 9.84 Å². The third-order valence-corrected chi connectivity index (χ3v) is 5.83. The van der Waals surface area contributed by atoms with Crippen LogP contribution in [0.3, 0.4) is 0 Å². The summed E-state index contributed by atoms with van der Waals surface area (Å²) in [7, 11) is 0. The molecule has 192 valence electrons. The van der Waals surface area contributed by atoms with E-state index in [9.17, 15) is 22.8 Å². The van der Waals surface area contributed by atoms with E-state index in [1.165, 1.54) is 4.68 Å². The number of aromatic nitrogens is 2. The molecule has 0 spiro atoms. The van der Waals surface area contributed by atoms with Gasteiger partial charge in [0.25, 0.3) is 0 Å². The molecule has 0 fully saturated rings. The van der Waals surface area contributed by atoms with Gasteiger partial charge in [0.15, 0.2) is 5.78 Å². The fourth-order valence-corrected chi connectivity index (χ4v) is 4.09. The number of Topliss-reactive ketones (excluding diaryl/α,β-unsaturated/α-hetero) is 1. The van der Waals surface area contributed by atoms with Crippen molar-refractivity contribution in [3.05, 3.63) is 76.6 Å². The lowest BCUT2D eigenvalue weighted by molar-refractivity contribution is -0.138. The van der Waals surface area contributed by atoms with E-state index in [0.717, 1.165) is 41.9 Å². The smallest absolute Gasteiger partial charge is 0.419 e. The van der Waals surface area contributed by atoms with Crippen LogP contribution in [0, 0.1) is 13.8 Å². The fraction of sp³-hybridized carbons (Fsp3) is 0.370. The number of alkyl halides is 3. The van der Waals surface area contributed by atoms with Crippen LogP contribution in [0.2, 0.25) is 0 Å². The quantitative estimate of drug-likeness (QED) is 0.290. The third-order valence-electron chi connectivity index (χ3n) is 5.83. The van der Waals surface area contributed by atoms with Crippen LogP contribution in [0.1, 0.15) is 77.7 Å². The van der Waals surface area contributed by atoms with E-state index in [0.29, 0.717) is 23.4 Å². The molecule has 0 aliphatic heterocycles. The Morgan fingerprint density at radius 1 is 1.08 bits per heavy atom. The Hall–Kier alpha value is -3.62. The van der Waals surface area contributed by atoms with Crippen LogP contribution in [0.4, 0.5) is 13.2 Å². The van der Waals surface area contributed by atoms with Crippen LogP contribution in [-0.2, 0) is 11.0 Å². The summed E-state index contributed by atoms with van der Waals surface area (Å²) in [4.78, 5) is 23.0. The maximum atomic E-state index is 13.0. The molecule has 0 saturated heterocycles. The van der Waals surface area contributed by atoms with Crippen LogP contribution in [0.5, 0.6) is 5.75 Å². The number of aliphatic carboxylic acids is 1. The lowest BCUT2D eigenvalue weighted by Gasteiger charge is -2.21. The minimum absolute atomic E-state index is 0.0439. The molecule has 1 heterocycles. The first-order valence-electron chi connectivity index (χ1n) is 11.7. The molecular weight excluding hydrogens is 473 g/mol. The van der Waals surface area contributed by atoms with Gasteiger partial charge in [-0.3, -0.25) is 9.59 Å². The summed E-state index contributed by atoms with van der Waals surface area (Å²) in [6, 6.07) is 10.7. The first kappa shape index (κ1) is 27.0. The van der Waals surface area contributed by atoms with Crippen LogP contribution in [-0.4, -0.2) is 26.6 Å². The molecule has 6 nitrogen and oxygen atoms in total. The number of nitrogens with zero attached hydrogens (tertiary/aromatic N) is 2. The van der Waals surface area contributed by atoms with E-state index in [-0.39, 0.29) is 24.7 Å². The van der Waals surface area contributed by atoms with Gasteiger partial charge in [-0.15, -0.1) is 0 Å². The van der Waals surface area contributed by atoms with Crippen molar-refractivity contribution >= 4 is 11.8 Å². The maximum absolute atomic E-state index is 13.0. The number of carboxylic acids is 1. The lowest BCUT2D eigenvalue weighted by Crippen LogP contribution is -2.10. The molecule has 0 aliphatic rings. The van der Waals surface area contributed by atoms with Crippen molar-refractivity contribution in [2.45, 2.75) is 65.2 Å². The molecule has 2 aromatic carbocycles. The topological polar surface area (TPSA) is 81.4 Å². The SMILES string of the molecule is CCC[C@H](Oc1cc(C)c(-n2cc(C(F)(F)F)cn2)c(C)c1)c1ccc(C(=O)CCCC(=O)O)cc1. The molecule has 36 heavy (non-hydrogen) atoms. The van der Waals surface area contributed by atoms with E-state index < -0.39 is 17.7 Å². The summed E-state index contributed by atoms with van der Waals surface area (Å²) in [6.07, 6.45) is -0.968. The van der Waals surface area contributed by atoms with E-state index in [4.69, 9.17) is 9.84 Å². The van der Waals surface area contributed by atoms with Gasteiger partial charge in [0.05, 0.1) is 17.4 Å². The first-order chi connectivity index (χ1) is 17.0. The average Bonchev–Trinajstić information content (AvgIpc) is 3.28. The summed E-state index contributed by atoms with van der Waals surface area (Å²) in [6.45, 7) is 5.62. The van der Waals surface area contributed by atoms with Gasteiger partial charge in [0.2, 0.25) is 0 Å². The number of hydrogen-bond donors (Lipinski definition) is 1. The van der Waals surface area contributed by atoms with Gasteiger partial charge in [-0.2, -0.15) is 18.3 Å². The molecule has 0 aliphatic carbocycles. The second kappa shape index (κ2) is 11.4. The minimum atomic E-state index is -4.46. The molecule has 0 amide bonds. The zero-order valence-corrected chi connectivity index (χ0v) is 20.4. The molecule has 0 bridgehead atoms. The molecule has 9 heteroatoms. The number of ketones is 1. The normalized spacial score (nSPS) is 12.4. The zero-order valence-electron chi connectivity index (χ0n) is 20.4. The maximum Gasteiger partial charge on any atom is 0.419 e. The first-order valence-corrected chi connectivity index (χ1v) is 11.7. The Morgan fingerprint density at radius 3 is 2.25 bits per heavy atom. The van der Waals surface area contributed by atoms with Crippen molar-refractivity contribution in [3.63, 3.8) is 0 Å². The van der Waals surface area contributed by atoms with E-state index in [1.54, 1.807) is 38.1 Å². The van der Waals surface area contributed by atoms with Gasteiger partial charge in [-0.05, 0) is 55.5 Å². The molecular formula is C27H29F3N2O4. The highest BCUT2D eigenvalue weighted by atomic mass is 19.4. The van der Waals surface area contributed by atoms with Crippen molar-refractivity contribution in [1.82, 2.24) is 9.78 Å². The van der Waals surface area contributed by atoms with Crippen LogP contribution < -0.4 is 4.74 Å². The Morgan fingerprint density at radius 2 is 1.72 bits per heavy atom. The molecule has 3 rings (SSSR count). The van der Waals surface area contributed by atoms with E-state index >= 15 is 0 Å². The predicted molar refractivity (Wildman–Crippen MR) is 129 cm³/mol. The standard InChI is InChI=1S/C27H29F3N2O4/c1-4-6-24(20-11-9-19(10-12-20)23(33)7-5-8-25(34)35)36-22-13-17(2)26(18(3)14-22)32-16-21(15-31-32)27(28,29)30/h9-16,24H,4-8H2,1-3H3,(H,34,35)/t24-/m0/s1. The van der Waals surface area contributed by atoms with Gasteiger partial charge in [-0.25, -0.2) is 4.68 Å². The second-order valence-corrected chi connectivity index (χ2v) is 8.76. The van der Waals surface area contributed by atoms with E-state index in [2.05, 4.69) is 5.10 Å². The van der Waals surface area contributed by atoms with Crippen LogP contribution >= 0.6 is 0 Å². The van der Waals surface area contributed by atoms with E-state index in [1.807, 2.05) is 19.1 Å². The molecule has 1 aromatic heterocycles. The summed E-state index contributed by atoms with van der Waals surface area (Å²) in [5.41, 5.74) is 2.61. The molecule has 0 saturated carbocycles. The van der Waals surface area contributed by atoms with Gasteiger partial charge >= 0.3 is 12.1 Å². The molecule has 0 unspecified atom stereocenters. The molecule has 3 aromatic rings. The number of carbonyl (C=O) groups is 2. The van der Waals surface area contributed by atoms with Gasteiger partial charge in [0.1, 0.15) is 11.9 Å². The number of hydrogen-bond acceptors (Lipinski definition) is 4. The Balaban J connectivity index is 1.77. The van der Waals surface area contributed by atoms with Crippen LogP contribution in [0.15, 0.2) is 48.8 Å². The molecule has 0 radical (unpaired) electrons. The minimum Gasteiger partial charge on any atom is -0.486 e. The number of carboxylic acid groups (broad SMARTS) is 1. The van der Waals surface area contributed by atoms with Crippen molar-refractivity contribution in [1.29, 1.82) is 0 Å². The number of halogens is 3. The highest BCUT2D eigenvalue weighted by molar-refractivity contribution is 5.96. The summed E-state index contributed by atoms with van der Waals surface area (Å²) >= 11 is 0. The number of ether oxygens (including phenoxy) is 1. The van der Waals surface area contributed by atoms with Crippen LogP contribution in [0.25, 0.3) is 5.69 Å². The summed E-state index contributed by atoms with van der Waals surface area (Å²) < 4.78 is 46.5. The molecule has 1 N–H and O–H groups in total. The van der Waals surface area contributed by atoms with Crippen molar-refractivity contribution in [2.75, 3.05) is 0 Å². The number of aryl methyl sites for hydroxylation is 2. The number of carbonyl (C=O) groups excluding carboxylic acids is 1. The Bertz CT molecular complexity index is 1190. The predicted octanol–water partition coefficient (Wildman–Crippen LogP) is 6.87. The highest BCUT2D eigenvalue weighted by Gasteiger charge is 2.32. The average molecular weight is 503 g/mol. The van der Waals surface area contributed by atoms with Crippen molar-refractivity contribution in [2.24, 2.45) is 0 Å². The fourth-order valence-electron chi connectivity index (χ4n) is 4.09. The largest absolute Gasteiger partial charge is 0.486 e. The summed E-state index contributed by atoms with van der Waals surface area (Å²) in [5, 5.41) is 12.6. The van der Waals surface area contributed by atoms with Gasteiger partial charge in [-0.1, -0.05) is 37.6 Å². The molecule has 1 atom stereocenters. The number of rotatable bonds is 11. The number of benzene rings is 2. The van der Waals surface area contributed by atoms with Crippen molar-refractivity contribution in [3.8, 4) is 11.4 Å². The Labute approximate surface area is 207 Å². The van der Waals surface area contributed by atoms with Crippen molar-refractivity contribution < 1.29 is 32.6 Å². The monoisotopic (exact) mass is 502 g/mol.